The molecule has 3 nitrogen and oxygen atoms in total. The van der Waals surface area contributed by atoms with Gasteiger partial charge in [0, 0.05) is 31.3 Å². The molecule has 2 fully saturated rings. The Bertz CT molecular complexity index is 271. The van der Waals surface area contributed by atoms with Crippen molar-refractivity contribution in [1.82, 2.24) is 4.90 Å². The van der Waals surface area contributed by atoms with Gasteiger partial charge in [-0.25, -0.2) is 0 Å². The summed E-state index contributed by atoms with van der Waals surface area (Å²) in [4.78, 5) is 2.76. The molecular weight excluding hydrogens is 224 g/mol. The third kappa shape index (κ3) is 2.45. The molecule has 1 saturated carbocycles. The molecule has 4 atom stereocenters. The van der Waals surface area contributed by atoms with E-state index in [9.17, 15) is 0 Å². The minimum atomic E-state index is 0.204. The summed E-state index contributed by atoms with van der Waals surface area (Å²) in [6.07, 6.45) is 9.18. The summed E-state index contributed by atoms with van der Waals surface area (Å²) in [6, 6.07) is 1.42. The third-order valence-electron chi connectivity index (χ3n) is 5.29. The molecule has 2 aliphatic rings. The Morgan fingerprint density at radius 1 is 1.33 bits per heavy atom. The molecule has 0 spiro atoms. The molecule has 0 bridgehead atoms. The average molecular weight is 254 g/mol. The molecule has 2 rings (SSSR count). The molecule has 4 unspecified atom stereocenters. The highest BCUT2D eigenvalue weighted by atomic mass is 16.5. The molecule has 0 radical (unpaired) electrons. The van der Waals surface area contributed by atoms with E-state index in [4.69, 9.17) is 10.5 Å². The average Bonchev–Trinajstić information content (AvgIpc) is 2.80. The number of methoxy groups -OCH3 is 1. The third-order valence-corrected chi connectivity index (χ3v) is 5.29. The number of hydrogen-bond donors (Lipinski definition) is 1. The number of hydrogen-bond acceptors (Lipinski definition) is 3. The molecule has 3 heteroatoms. The van der Waals surface area contributed by atoms with Gasteiger partial charge in [0.15, 0.2) is 0 Å². The van der Waals surface area contributed by atoms with Crippen molar-refractivity contribution in [3.05, 3.63) is 0 Å². The normalized spacial score (nSPS) is 42.3. The fourth-order valence-electron chi connectivity index (χ4n) is 4.34. The monoisotopic (exact) mass is 254 g/mol. The fourth-order valence-corrected chi connectivity index (χ4v) is 4.34. The predicted molar refractivity (Wildman–Crippen MR) is 75.7 cm³/mol. The second-order valence-corrected chi connectivity index (χ2v) is 6.28. The lowest BCUT2D eigenvalue weighted by Crippen LogP contribution is -2.60. The van der Waals surface area contributed by atoms with Crippen molar-refractivity contribution in [2.75, 3.05) is 13.7 Å². The minimum absolute atomic E-state index is 0.204. The topological polar surface area (TPSA) is 38.5 Å². The van der Waals surface area contributed by atoms with Crippen molar-refractivity contribution in [2.45, 2.75) is 82.5 Å². The molecule has 1 heterocycles. The Labute approximate surface area is 112 Å². The van der Waals surface area contributed by atoms with Gasteiger partial charge in [-0.15, -0.1) is 0 Å². The summed E-state index contributed by atoms with van der Waals surface area (Å²) < 4.78 is 5.63. The van der Waals surface area contributed by atoms with Crippen molar-refractivity contribution in [1.29, 1.82) is 0 Å². The van der Waals surface area contributed by atoms with Gasteiger partial charge in [0.05, 0.1) is 6.10 Å². The Kier molecular flexibility index (Phi) is 4.68. The van der Waals surface area contributed by atoms with Gasteiger partial charge in [0.25, 0.3) is 0 Å². The first-order chi connectivity index (χ1) is 8.66. The van der Waals surface area contributed by atoms with Crippen LogP contribution in [-0.2, 0) is 4.74 Å². The maximum Gasteiger partial charge on any atom is 0.0589 e. The lowest BCUT2D eigenvalue weighted by atomic mass is 9.77. The largest absolute Gasteiger partial charge is 0.381 e. The van der Waals surface area contributed by atoms with Crippen LogP contribution in [0.15, 0.2) is 0 Å². The van der Waals surface area contributed by atoms with Crippen LogP contribution in [-0.4, -0.2) is 42.3 Å². The molecule has 0 aromatic carbocycles. The van der Waals surface area contributed by atoms with E-state index in [1.807, 2.05) is 7.11 Å². The molecule has 1 saturated heterocycles. The first-order valence-corrected chi connectivity index (χ1v) is 7.68. The van der Waals surface area contributed by atoms with Crippen LogP contribution in [0.25, 0.3) is 0 Å². The lowest BCUT2D eigenvalue weighted by molar-refractivity contribution is -0.0418. The summed E-state index contributed by atoms with van der Waals surface area (Å²) in [7, 11) is 1.85. The van der Waals surface area contributed by atoms with E-state index in [0.717, 1.165) is 19.0 Å². The Morgan fingerprint density at radius 2 is 2.11 bits per heavy atom. The van der Waals surface area contributed by atoms with Gasteiger partial charge >= 0.3 is 0 Å². The molecule has 1 aliphatic carbocycles. The van der Waals surface area contributed by atoms with E-state index in [2.05, 4.69) is 18.7 Å². The molecule has 1 aliphatic heterocycles. The maximum atomic E-state index is 6.22. The van der Waals surface area contributed by atoms with Gasteiger partial charge in [-0.05, 0) is 51.9 Å². The second kappa shape index (κ2) is 5.89. The molecule has 0 aromatic heterocycles. The first-order valence-electron chi connectivity index (χ1n) is 7.68. The molecule has 0 amide bonds. The standard InChI is InChI=1S/C15H30N2O/c1-4-13-8-7-12(2)17(13)15(11-16)9-5-6-14(10-15)18-3/h12-14H,4-11,16H2,1-3H3. The van der Waals surface area contributed by atoms with Crippen LogP contribution >= 0.6 is 0 Å². The van der Waals surface area contributed by atoms with Crippen LogP contribution in [0.3, 0.4) is 0 Å². The highest BCUT2D eigenvalue weighted by Crippen LogP contribution is 2.41. The van der Waals surface area contributed by atoms with E-state index < -0.39 is 0 Å². The highest BCUT2D eigenvalue weighted by molar-refractivity contribution is 5.03. The van der Waals surface area contributed by atoms with Crippen LogP contribution in [0.4, 0.5) is 0 Å². The quantitative estimate of drug-likeness (QED) is 0.838. The van der Waals surface area contributed by atoms with Gasteiger partial charge < -0.3 is 10.5 Å². The minimum Gasteiger partial charge on any atom is -0.381 e. The summed E-state index contributed by atoms with van der Waals surface area (Å²) in [5.41, 5.74) is 6.42. The molecular formula is C15H30N2O. The summed E-state index contributed by atoms with van der Waals surface area (Å²) in [5.74, 6) is 0. The number of rotatable bonds is 4. The molecule has 0 aromatic rings. The van der Waals surface area contributed by atoms with E-state index in [1.54, 1.807) is 0 Å². The SMILES string of the molecule is CCC1CCC(C)N1C1(CN)CCCC(OC)C1. The summed E-state index contributed by atoms with van der Waals surface area (Å²) >= 11 is 0. The van der Waals surface area contributed by atoms with Crippen LogP contribution in [0, 0.1) is 0 Å². The van der Waals surface area contributed by atoms with Gasteiger partial charge in [-0.1, -0.05) is 6.92 Å². The molecule has 106 valence electrons. The van der Waals surface area contributed by atoms with Crippen LogP contribution < -0.4 is 5.73 Å². The zero-order chi connectivity index (χ0) is 13.2. The first kappa shape index (κ1) is 14.3. The van der Waals surface area contributed by atoms with E-state index in [0.29, 0.717) is 12.1 Å². The van der Waals surface area contributed by atoms with Crippen molar-refractivity contribution in [3.8, 4) is 0 Å². The zero-order valence-corrected chi connectivity index (χ0v) is 12.3. The lowest BCUT2D eigenvalue weighted by Gasteiger charge is -2.50. The maximum absolute atomic E-state index is 6.22. The van der Waals surface area contributed by atoms with Gasteiger partial charge in [0.2, 0.25) is 0 Å². The summed E-state index contributed by atoms with van der Waals surface area (Å²) in [5, 5.41) is 0. The van der Waals surface area contributed by atoms with E-state index >= 15 is 0 Å². The Balaban J connectivity index is 2.19. The second-order valence-electron chi connectivity index (χ2n) is 6.28. The van der Waals surface area contributed by atoms with Gasteiger partial charge in [0.1, 0.15) is 0 Å². The highest BCUT2D eigenvalue weighted by Gasteiger charge is 2.46. The summed E-state index contributed by atoms with van der Waals surface area (Å²) in [6.45, 7) is 5.48. The Hall–Kier alpha value is -0.120. The van der Waals surface area contributed by atoms with Gasteiger partial charge in [-0.2, -0.15) is 0 Å². The Morgan fingerprint density at radius 3 is 2.72 bits per heavy atom. The molecule has 2 N–H and O–H groups in total. The van der Waals surface area contributed by atoms with Gasteiger partial charge in [-0.3, -0.25) is 4.90 Å². The smallest absolute Gasteiger partial charge is 0.0589 e. The van der Waals surface area contributed by atoms with E-state index in [-0.39, 0.29) is 5.54 Å². The van der Waals surface area contributed by atoms with Crippen LogP contribution in [0.1, 0.15) is 58.8 Å². The molecule has 18 heavy (non-hydrogen) atoms. The van der Waals surface area contributed by atoms with Crippen molar-refractivity contribution in [3.63, 3.8) is 0 Å². The van der Waals surface area contributed by atoms with Crippen LogP contribution in [0.5, 0.6) is 0 Å². The number of nitrogens with zero attached hydrogens (tertiary/aromatic N) is 1. The van der Waals surface area contributed by atoms with Crippen molar-refractivity contribution < 1.29 is 4.74 Å². The van der Waals surface area contributed by atoms with Crippen LogP contribution in [0.2, 0.25) is 0 Å². The van der Waals surface area contributed by atoms with E-state index in [1.165, 1.54) is 38.5 Å². The van der Waals surface area contributed by atoms with Crippen molar-refractivity contribution in [2.24, 2.45) is 5.73 Å². The fraction of sp³-hybridized carbons (Fsp3) is 1.00. The zero-order valence-electron chi connectivity index (χ0n) is 12.3. The predicted octanol–water partition coefficient (Wildman–Crippen LogP) is 2.54. The number of nitrogens with two attached hydrogens (primary N) is 1. The number of ether oxygens (including phenoxy) is 1. The van der Waals surface area contributed by atoms with Crippen molar-refractivity contribution >= 4 is 0 Å². The number of likely N-dealkylation sites (tertiary alicyclic amines) is 1.